The molecular formula is C106H137Cl4N25O4. The number of anilines is 9. The second-order valence-corrected chi connectivity index (χ2v) is 43.1. The summed E-state index contributed by atoms with van der Waals surface area (Å²) in [6.07, 6.45) is 16.4. The lowest BCUT2D eigenvalue weighted by Crippen LogP contribution is -2.58. The maximum atomic E-state index is 14.0. The van der Waals surface area contributed by atoms with Gasteiger partial charge in [0, 0.05) is 206 Å². The predicted molar refractivity (Wildman–Crippen MR) is 560 cm³/mol. The van der Waals surface area contributed by atoms with Crippen molar-refractivity contribution in [3.05, 3.63) is 231 Å². The fourth-order valence-corrected chi connectivity index (χ4v) is 23.6. The number of carbonyl (C=O) groups excluding carboxylic acids is 4. The Kier molecular flexibility index (Phi) is 31.1. The van der Waals surface area contributed by atoms with E-state index in [0.29, 0.717) is 108 Å². The van der Waals surface area contributed by atoms with Crippen LogP contribution < -0.4 is 67.0 Å². The van der Waals surface area contributed by atoms with Crippen LogP contribution in [0.1, 0.15) is 221 Å². The summed E-state index contributed by atoms with van der Waals surface area (Å²) >= 11 is 24.5. The average Bonchev–Trinajstić information content (AvgIpc) is 1.67. The van der Waals surface area contributed by atoms with E-state index < -0.39 is 0 Å². The molecule has 139 heavy (non-hydrogen) atoms. The monoisotopic (exact) mass is 1960 g/mol. The summed E-state index contributed by atoms with van der Waals surface area (Å²) in [5, 5.41) is 30.0. The van der Waals surface area contributed by atoms with Crippen LogP contribution in [0.25, 0.3) is 0 Å². The Balaban J connectivity index is 0.000000128. The second-order valence-electron chi connectivity index (χ2n) is 41.3. The lowest BCUT2D eigenvalue weighted by atomic mass is 9.92. The average molecular weight is 1970 g/mol. The number of nitrogens with one attached hydrogen (secondary N) is 8. The third-order valence-electron chi connectivity index (χ3n) is 29.6. The minimum atomic E-state index is -0.238. The van der Waals surface area contributed by atoms with Crippen LogP contribution in [0, 0.1) is 0 Å². The zero-order valence-electron chi connectivity index (χ0n) is 82.4. The van der Waals surface area contributed by atoms with Crippen LogP contribution in [0.5, 0.6) is 0 Å². The Labute approximate surface area is 839 Å². The highest BCUT2D eigenvalue weighted by molar-refractivity contribution is 6.31. The number of aromatic nitrogens is 8. The van der Waals surface area contributed by atoms with E-state index in [4.69, 9.17) is 61.4 Å². The molecule has 4 aromatic carbocycles. The molecule has 15 atom stereocenters. The van der Waals surface area contributed by atoms with Gasteiger partial charge in [0.25, 0.3) is 0 Å². The number of likely N-dealkylation sites (N-methyl/N-ethyl adjacent to an activating group) is 1. The van der Waals surface area contributed by atoms with Gasteiger partial charge in [0.1, 0.15) is 65.9 Å². The first kappa shape index (κ1) is 99.8. The van der Waals surface area contributed by atoms with Crippen LogP contribution in [-0.2, 0) is 19.2 Å². The Bertz CT molecular complexity index is 5580. The van der Waals surface area contributed by atoms with Crippen LogP contribution in [0.15, 0.2) is 171 Å². The quantitative estimate of drug-likeness (QED) is 0.0279. The van der Waals surface area contributed by atoms with Gasteiger partial charge in [-0.1, -0.05) is 197 Å². The van der Waals surface area contributed by atoms with E-state index >= 15 is 0 Å². The number of nitrogens with zero attached hydrogens (tertiary/aromatic N) is 17. The number of halogens is 4. The number of benzene rings is 4. The van der Waals surface area contributed by atoms with E-state index in [9.17, 15) is 19.2 Å². The number of likely N-dealkylation sites (tertiary alicyclic amines) is 2. The molecule has 8 saturated heterocycles. The van der Waals surface area contributed by atoms with E-state index in [1.165, 1.54) is 16.7 Å². The number of amides is 4. The highest BCUT2D eigenvalue weighted by Gasteiger charge is 2.52. The maximum absolute atomic E-state index is 14.0. The largest absolute Gasteiger partial charge is 0.363 e. The van der Waals surface area contributed by atoms with Gasteiger partial charge in [-0.05, 0) is 153 Å². The first-order valence-electron chi connectivity index (χ1n) is 49.9. The molecule has 0 saturated carbocycles. The zero-order chi connectivity index (χ0) is 98.1. The Morgan fingerprint density at radius 3 is 1.07 bits per heavy atom. The predicted octanol–water partition coefficient (Wildman–Crippen LogP) is 16.6. The SMILES string of the molecule is C=C1CN(C)c2c(ncnc2N2CC3CCC(C2)N3C(=O)[C@H](CNC(C)C)c2ccc(Cl)cc2)N1.C=C1C[C@@H](C)c2c(ncnc2N2C3CCC2CN(C(=O)[C@H](CNC(C)C)c2ccc(Cl)cc2)C3)N1.C=C1C[C@@H](C)c2c(ncnc2N2CC3CC2CN3C(=O)[C@H](CNC(C)C)c2ccc(Cl)cc2)N1.C=C1C[C@@H](C)c2c(ncnc2N2CC3CCC(C2)N3C(=O)[C@H](CNC(C)C)c2ccc(Cl)cc2)N1. The first-order chi connectivity index (χ1) is 66.8. The molecule has 738 valence electrons. The summed E-state index contributed by atoms with van der Waals surface area (Å²) < 4.78 is 0. The van der Waals surface area contributed by atoms with Crippen LogP contribution in [0.2, 0.25) is 20.1 Å². The van der Waals surface area contributed by atoms with Crippen LogP contribution in [0.3, 0.4) is 0 Å². The molecule has 4 aromatic heterocycles. The van der Waals surface area contributed by atoms with Gasteiger partial charge < -0.3 is 86.6 Å². The molecule has 12 aliphatic heterocycles. The van der Waals surface area contributed by atoms with Crippen LogP contribution in [-0.4, -0.2) is 248 Å². The van der Waals surface area contributed by atoms with Crippen molar-refractivity contribution in [1.29, 1.82) is 0 Å². The van der Waals surface area contributed by atoms with Crippen LogP contribution in [0.4, 0.5) is 52.2 Å². The summed E-state index contributed by atoms with van der Waals surface area (Å²) in [6, 6.07) is 33.7. The minimum absolute atomic E-state index is 0.164. The molecule has 29 nitrogen and oxygen atoms in total. The number of rotatable bonds is 24. The number of hydrogen-bond acceptors (Lipinski definition) is 25. The molecule has 4 amide bonds. The van der Waals surface area contributed by atoms with Crippen LogP contribution >= 0.6 is 46.4 Å². The molecule has 8 N–H and O–H groups in total. The lowest BCUT2D eigenvalue weighted by Gasteiger charge is -2.44. The molecule has 0 radical (unpaired) electrons. The number of carbonyl (C=O) groups is 4. The normalized spacial score (nSPS) is 23.9. The number of piperazine rings is 4. The van der Waals surface area contributed by atoms with Gasteiger partial charge in [-0.25, -0.2) is 39.9 Å². The Morgan fingerprint density at radius 2 is 0.691 bits per heavy atom. The summed E-state index contributed by atoms with van der Waals surface area (Å²) in [5.41, 5.74) is 12.4. The van der Waals surface area contributed by atoms with Gasteiger partial charge >= 0.3 is 0 Å². The van der Waals surface area contributed by atoms with Gasteiger partial charge in [0.05, 0.1) is 42.3 Å². The van der Waals surface area contributed by atoms with E-state index in [0.717, 1.165) is 201 Å². The molecular weight excluding hydrogens is 1830 g/mol. The number of fused-ring (bicyclic) bond motifs is 12. The van der Waals surface area contributed by atoms with Crippen molar-refractivity contribution < 1.29 is 19.2 Å². The summed E-state index contributed by atoms with van der Waals surface area (Å²) in [4.78, 5) is 113. The number of hydrogen-bond donors (Lipinski definition) is 8. The van der Waals surface area contributed by atoms with E-state index in [1.807, 2.05) is 104 Å². The Morgan fingerprint density at radius 1 is 0.367 bits per heavy atom. The smallest absolute Gasteiger partial charge is 0.232 e. The molecule has 0 aliphatic carbocycles. The van der Waals surface area contributed by atoms with E-state index in [1.54, 1.807) is 25.3 Å². The molecule has 33 heteroatoms. The molecule has 8 unspecified atom stereocenters. The van der Waals surface area contributed by atoms with Crippen molar-refractivity contribution in [3.63, 3.8) is 0 Å². The first-order valence-corrected chi connectivity index (χ1v) is 51.4. The van der Waals surface area contributed by atoms with Crippen molar-refractivity contribution in [3.8, 4) is 0 Å². The third kappa shape index (κ3) is 22.1. The molecule has 20 rings (SSSR count). The van der Waals surface area contributed by atoms with E-state index in [-0.39, 0.29) is 95.6 Å². The minimum Gasteiger partial charge on any atom is -0.363 e. The molecule has 8 fully saturated rings. The topological polar surface area (TPSA) is 297 Å². The summed E-state index contributed by atoms with van der Waals surface area (Å²) in [7, 11) is 2.05. The van der Waals surface area contributed by atoms with Gasteiger partial charge in [0.2, 0.25) is 23.6 Å². The summed E-state index contributed by atoms with van der Waals surface area (Å²) in [5.74, 6) is 8.16. The number of allylic oxidation sites excluding steroid dienone is 3. The van der Waals surface area contributed by atoms with Crippen molar-refractivity contribution in [2.45, 2.75) is 254 Å². The van der Waals surface area contributed by atoms with Gasteiger partial charge in [0.15, 0.2) is 11.6 Å². The molecule has 8 aromatic rings. The van der Waals surface area contributed by atoms with Crippen molar-refractivity contribution in [2.75, 3.05) is 138 Å². The van der Waals surface area contributed by atoms with Gasteiger partial charge in [-0.2, -0.15) is 0 Å². The lowest BCUT2D eigenvalue weighted by molar-refractivity contribution is -0.137. The second kappa shape index (κ2) is 43.4. The molecule has 0 spiro atoms. The summed E-state index contributed by atoms with van der Waals surface area (Å²) in [6.45, 7) is 49.1. The zero-order valence-corrected chi connectivity index (χ0v) is 85.4. The van der Waals surface area contributed by atoms with Gasteiger partial charge in [-0.3, -0.25) is 19.2 Å². The Hall–Kier alpha value is -10.8. The van der Waals surface area contributed by atoms with Crippen molar-refractivity contribution >= 4 is 122 Å². The fourth-order valence-electron chi connectivity index (χ4n) is 23.1. The van der Waals surface area contributed by atoms with E-state index in [2.05, 4.69) is 214 Å². The highest BCUT2D eigenvalue weighted by Crippen LogP contribution is 2.49. The maximum Gasteiger partial charge on any atom is 0.232 e. The highest BCUT2D eigenvalue weighted by atomic mass is 35.5. The fraction of sp³-hybridized carbons (Fsp3) is 0.509. The standard InChI is InChI=1S/2C27H35ClN6O.C26H34ClN7O.C26H33ClN6O/c1-16(2)29-12-23(19-5-7-20(28)8-6-19)27(35)33-13-21-9-10-22(14-33)34(21)26-24-17(3)11-18(4)32-25(24)30-15-31-26;1-16(2)29-12-23(19-5-7-20(28)8-6-19)27(35)34-21-9-10-22(34)14-33(13-21)26-24-17(3)11-18(4)32-25(24)30-15-31-26;1-16(2)28-11-22(18-5-7-19(27)8-6-18)26(35)34-20-9-10-21(34)14-33(13-20)25-23-24(29-15-30-25)31-17(3)12-32(23)4;1-15(2)28-11-22(18-5-7-19(27)8-6-18)26(34)33-13-20-10-21(33)12-32(20)25-23-16(3)9-17(4)31-24(23)29-14-30-25/h2*5-8,15-17,21-23,29H,4,9-14H2,1-3H3,(H,30,31,32);5-8,15-16,20-22,28H,3,9-14H2,1-2,4H3,(H,29,30,31);5-8,14-16,20-22,28H,4,9-13H2,1-3H3,(H,29,30,31)/t2*17-,21?,22?,23-;20?,21?,22-;16-,20?,21?,22-/m1111/s1. The van der Waals surface area contributed by atoms with Gasteiger partial charge in [-0.15, -0.1) is 0 Å². The third-order valence-corrected chi connectivity index (χ3v) is 30.6. The molecule has 16 heterocycles. The molecule has 8 bridgehead atoms. The molecule has 12 aliphatic rings. The van der Waals surface area contributed by atoms with Crippen molar-refractivity contribution in [2.24, 2.45) is 0 Å². The van der Waals surface area contributed by atoms with Crippen molar-refractivity contribution in [1.82, 2.24) is 80.7 Å².